The van der Waals surface area contributed by atoms with Crippen molar-refractivity contribution < 1.29 is 9.53 Å². The summed E-state index contributed by atoms with van der Waals surface area (Å²) in [7, 11) is 1.72. The Labute approximate surface area is 104 Å². The molecule has 1 amide bonds. The van der Waals surface area contributed by atoms with Gasteiger partial charge in [0.25, 0.3) is 0 Å². The Morgan fingerprint density at radius 1 is 1.53 bits per heavy atom. The van der Waals surface area contributed by atoms with E-state index in [9.17, 15) is 4.79 Å². The molecule has 1 unspecified atom stereocenters. The van der Waals surface area contributed by atoms with Gasteiger partial charge in [-0.1, -0.05) is 6.92 Å². The summed E-state index contributed by atoms with van der Waals surface area (Å²) < 4.78 is 5.11. The third-order valence-corrected chi connectivity index (χ3v) is 3.36. The van der Waals surface area contributed by atoms with E-state index in [0.29, 0.717) is 6.04 Å². The topological polar surface area (TPSA) is 58.8 Å². The number of ether oxygens (including phenoxy) is 1. The van der Waals surface area contributed by atoms with Gasteiger partial charge in [-0.05, 0) is 13.3 Å². The maximum absolute atomic E-state index is 11.8. The first-order valence-corrected chi connectivity index (χ1v) is 6.37. The molecule has 0 aromatic rings. The number of hydrogen-bond donors (Lipinski definition) is 1. The number of carbonyl (C=O) groups excluding carboxylic acids is 1. The number of rotatable bonds is 5. The summed E-state index contributed by atoms with van der Waals surface area (Å²) >= 11 is 0. The molecule has 100 valence electrons. The summed E-state index contributed by atoms with van der Waals surface area (Å²) in [6, 6.07) is 0.0413. The van der Waals surface area contributed by atoms with Crippen molar-refractivity contribution in [2.75, 3.05) is 39.9 Å². The van der Waals surface area contributed by atoms with Gasteiger partial charge >= 0.3 is 0 Å². The van der Waals surface area contributed by atoms with Gasteiger partial charge in [0.15, 0.2) is 0 Å². The second-order valence-electron chi connectivity index (χ2n) is 4.66. The van der Waals surface area contributed by atoms with Gasteiger partial charge < -0.3 is 15.4 Å². The van der Waals surface area contributed by atoms with E-state index in [4.69, 9.17) is 10.5 Å². The van der Waals surface area contributed by atoms with Crippen LogP contribution in [0.25, 0.3) is 0 Å². The first kappa shape index (κ1) is 14.4. The van der Waals surface area contributed by atoms with Gasteiger partial charge in [-0.3, -0.25) is 9.69 Å². The van der Waals surface area contributed by atoms with Crippen LogP contribution in [0.4, 0.5) is 0 Å². The molecule has 17 heavy (non-hydrogen) atoms. The maximum atomic E-state index is 11.8. The molecule has 0 aromatic carbocycles. The molecule has 1 heterocycles. The molecule has 0 bridgehead atoms. The Balaban J connectivity index is 2.51. The Bertz CT molecular complexity index is 246. The van der Waals surface area contributed by atoms with Crippen molar-refractivity contribution in [1.29, 1.82) is 0 Å². The zero-order chi connectivity index (χ0) is 12.8. The van der Waals surface area contributed by atoms with E-state index in [2.05, 4.69) is 11.8 Å². The SMILES string of the molecule is CCC1CN(C(=O)[C@@H](C)N)CCN1CCOC. The van der Waals surface area contributed by atoms with E-state index < -0.39 is 6.04 Å². The molecule has 2 atom stereocenters. The van der Waals surface area contributed by atoms with Crippen molar-refractivity contribution in [3.8, 4) is 0 Å². The molecule has 0 saturated carbocycles. The Hall–Kier alpha value is -0.650. The summed E-state index contributed by atoms with van der Waals surface area (Å²) in [5.74, 6) is 0.0647. The van der Waals surface area contributed by atoms with Gasteiger partial charge in [0.05, 0.1) is 12.6 Å². The highest BCUT2D eigenvalue weighted by molar-refractivity contribution is 5.81. The quantitative estimate of drug-likeness (QED) is 0.733. The smallest absolute Gasteiger partial charge is 0.239 e. The van der Waals surface area contributed by atoms with E-state index in [1.807, 2.05) is 4.90 Å². The van der Waals surface area contributed by atoms with E-state index in [1.165, 1.54) is 0 Å². The third-order valence-electron chi connectivity index (χ3n) is 3.36. The zero-order valence-corrected chi connectivity index (χ0v) is 11.2. The van der Waals surface area contributed by atoms with Crippen LogP contribution in [0.15, 0.2) is 0 Å². The van der Waals surface area contributed by atoms with Crippen LogP contribution in [0.2, 0.25) is 0 Å². The fourth-order valence-electron chi connectivity index (χ4n) is 2.27. The predicted molar refractivity (Wildman–Crippen MR) is 67.8 cm³/mol. The van der Waals surface area contributed by atoms with Crippen LogP contribution in [0.1, 0.15) is 20.3 Å². The van der Waals surface area contributed by atoms with Crippen LogP contribution in [0, 0.1) is 0 Å². The van der Waals surface area contributed by atoms with Crippen molar-refractivity contribution in [2.45, 2.75) is 32.4 Å². The number of nitrogens with two attached hydrogens (primary N) is 1. The highest BCUT2D eigenvalue weighted by atomic mass is 16.5. The minimum Gasteiger partial charge on any atom is -0.383 e. The molecule has 0 spiro atoms. The first-order chi connectivity index (χ1) is 8.10. The van der Waals surface area contributed by atoms with Gasteiger partial charge in [0.2, 0.25) is 5.91 Å². The minimum absolute atomic E-state index is 0.0647. The monoisotopic (exact) mass is 243 g/mol. The molecule has 0 aliphatic carbocycles. The lowest BCUT2D eigenvalue weighted by molar-refractivity contribution is -0.135. The molecule has 1 fully saturated rings. The zero-order valence-electron chi connectivity index (χ0n) is 11.2. The number of amides is 1. The number of piperazine rings is 1. The lowest BCUT2D eigenvalue weighted by Gasteiger charge is -2.41. The fraction of sp³-hybridized carbons (Fsp3) is 0.917. The highest BCUT2D eigenvalue weighted by Crippen LogP contribution is 2.13. The van der Waals surface area contributed by atoms with Gasteiger partial charge in [-0.25, -0.2) is 0 Å². The molecule has 5 heteroatoms. The highest BCUT2D eigenvalue weighted by Gasteiger charge is 2.29. The van der Waals surface area contributed by atoms with E-state index >= 15 is 0 Å². The summed E-state index contributed by atoms with van der Waals surface area (Å²) in [5.41, 5.74) is 5.64. The van der Waals surface area contributed by atoms with E-state index in [-0.39, 0.29) is 5.91 Å². The molecule has 0 radical (unpaired) electrons. The normalized spacial score (nSPS) is 23.8. The second-order valence-corrected chi connectivity index (χ2v) is 4.66. The molecule has 2 N–H and O–H groups in total. The average Bonchev–Trinajstić information content (AvgIpc) is 2.35. The van der Waals surface area contributed by atoms with Crippen LogP contribution < -0.4 is 5.73 Å². The minimum atomic E-state index is -0.391. The molecular weight excluding hydrogens is 218 g/mol. The molecule has 5 nitrogen and oxygen atoms in total. The Morgan fingerprint density at radius 2 is 2.24 bits per heavy atom. The van der Waals surface area contributed by atoms with Gasteiger partial charge in [-0.2, -0.15) is 0 Å². The maximum Gasteiger partial charge on any atom is 0.239 e. The van der Waals surface area contributed by atoms with E-state index in [1.54, 1.807) is 14.0 Å². The number of nitrogens with zero attached hydrogens (tertiary/aromatic N) is 2. The third kappa shape index (κ3) is 3.94. The lowest BCUT2D eigenvalue weighted by atomic mass is 10.1. The van der Waals surface area contributed by atoms with Crippen LogP contribution in [0.3, 0.4) is 0 Å². The van der Waals surface area contributed by atoms with Crippen LogP contribution in [0.5, 0.6) is 0 Å². The number of carbonyl (C=O) groups is 1. The molecule has 1 aliphatic heterocycles. The molecule has 1 rings (SSSR count). The first-order valence-electron chi connectivity index (χ1n) is 6.37. The molecule has 1 aliphatic rings. The largest absolute Gasteiger partial charge is 0.383 e. The van der Waals surface area contributed by atoms with Crippen molar-refractivity contribution in [3.05, 3.63) is 0 Å². The number of methoxy groups -OCH3 is 1. The predicted octanol–water partition coefficient (Wildman–Crippen LogP) is -0.0972. The fourth-order valence-corrected chi connectivity index (χ4v) is 2.27. The second kappa shape index (κ2) is 6.93. The van der Waals surface area contributed by atoms with Crippen LogP contribution in [-0.4, -0.2) is 67.7 Å². The summed E-state index contributed by atoms with van der Waals surface area (Å²) in [6.07, 6.45) is 1.05. The standard InChI is InChI=1S/C12H25N3O2/c1-4-11-9-15(12(16)10(2)13)6-5-14(11)7-8-17-3/h10-11H,4-9,13H2,1-3H3/t10-,11?/m1/s1. The van der Waals surface area contributed by atoms with Gasteiger partial charge in [0.1, 0.15) is 0 Å². The van der Waals surface area contributed by atoms with Crippen LogP contribution in [-0.2, 0) is 9.53 Å². The molecular formula is C12H25N3O2. The Morgan fingerprint density at radius 3 is 2.76 bits per heavy atom. The average molecular weight is 243 g/mol. The summed E-state index contributed by atoms with van der Waals surface area (Å²) in [4.78, 5) is 16.1. The van der Waals surface area contributed by atoms with Gasteiger partial charge in [-0.15, -0.1) is 0 Å². The summed E-state index contributed by atoms with van der Waals surface area (Å²) in [6.45, 7) is 8.08. The van der Waals surface area contributed by atoms with Crippen molar-refractivity contribution in [1.82, 2.24) is 9.80 Å². The molecule has 0 aromatic heterocycles. The van der Waals surface area contributed by atoms with Crippen molar-refractivity contribution >= 4 is 5.91 Å². The molecule has 1 saturated heterocycles. The Kier molecular flexibility index (Phi) is 5.88. The van der Waals surface area contributed by atoms with Crippen LogP contribution >= 0.6 is 0 Å². The van der Waals surface area contributed by atoms with Crippen molar-refractivity contribution in [3.63, 3.8) is 0 Å². The van der Waals surface area contributed by atoms with Gasteiger partial charge in [0, 0.05) is 39.3 Å². The van der Waals surface area contributed by atoms with E-state index in [0.717, 1.165) is 39.2 Å². The van der Waals surface area contributed by atoms with Crippen molar-refractivity contribution in [2.24, 2.45) is 5.73 Å². The summed E-state index contributed by atoms with van der Waals surface area (Å²) in [5, 5.41) is 0. The number of hydrogen-bond acceptors (Lipinski definition) is 4. The lowest BCUT2D eigenvalue weighted by Crippen LogP contribution is -2.57.